The zero-order valence-corrected chi connectivity index (χ0v) is 7.13. The lowest BCUT2D eigenvalue weighted by molar-refractivity contribution is -0.114. The second-order valence-electron chi connectivity index (χ2n) is 2.13. The molecule has 0 saturated carbocycles. The molecule has 0 aliphatic heterocycles. The number of allylic oxidation sites excluding steroid dienone is 5. The maximum absolute atomic E-state index is 11.1. The van der Waals surface area contributed by atoms with Gasteiger partial charge < -0.3 is 0 Å². The summed E-state index contributed by atoms with van der Waals surface area (Å²) in [5.41, 5.74) is 0.727. The van der Waals surface area contributed by atoms with Crippen molar-refractivity contribution in [3.8, 4) is 0 Å². The molecule has 0 rings (SSSR count). The highest BCUT2D eigenvalue weighted by Crippen LogP contribution is 2.01. The molecule has 0 saturated heterocycles. The van der Waals surface area contributed by atoms with Crippen molar-refractivity contribution in [2.45, 2.75) is 20.3 Å². The van der Waals surface area contributed by atoms with E-state index in [-0.39, 0.29) is 5.78 Å². The first-order valence-electron chi connectivity index (χ1n) is 3.74. The van der Waals surface area contributed by atoms with E-state index in [9.17, 15) is 4.79 Å². The quantitative estimate of drug-likeness (QED) is 0.445. The average Bonchev–Trinajstić information content (AvgIpc) is 2.03. The van der Waals surface area contributed by atoms with E-state index in [0.29, 0.717) is 6.42 Å². The topological polar surface area (TPSA) is 17.1 Å². The van der Waals surface area contributed by atoms with Crippen LogP contribution in [0, 0.1) is 0 Å². The molecule has 1 heteroatoms. The predicted molar refractivity (Wildman–Crippen MR) is 48.4 cm³/mol. The summed E-state index contributed by atoms with van der Waals surface area (Å²) in [5.74, 6) is 0.156. The largest absolute Gasteiger partial charge is 0.294 e. The summed E-state index contributed by atoms with van der Waals surface area (Å²) in [5, 5.41) is 0. The molecule has 11 heavy (non-hydrogen) atoms. The minimum atomic E-state index is 0.156. The molecule has 0 aromatic heterocycles. The van der Waals surface area contributed by atoms with Gasteiger partial charge in [0.05, 0.1) is 0 Å². The fourth-order valence-corrected chi connectivity index (χ4v) is 0.752. The summed E-state index contributed by atoms with van der Waals surface area (Å²) < 4.78 is 0. The summed E-state index contributed by atoms with van der Waals surface area (Å²) in [7, 11) is 0. The third-order valence-corrected chi connectivity index (χ3v) is 1.29. The van der Waals surface area contributed by atoms with Crippen LogP contribution in [0.15, 0.2) is 36.5 Å². The van der Waals surface area contributed by atoms with Gasteiger partial charge in [-0.15, -0.1) is 0 Å². The number of rotatable bonds is 4. The molecule has 0 aromatic rings. The van der Waals surface area contributed by atoms with E-state index in [1.807, 2.05) is 19.9 Å². The van der Waals surface area contributed by atoms with Crippen molar-refractivity contribution < 1.29 is 4.79 Å². The van der Waals surface area contributed by atoms with E-state index in [1.54, 1.807) is 18.2 Å². The van der Waals surface area contributed by atoms with E-state index in [1.165, 1.54) is 0 Å². The lowest BCUT2D eigenvalue weighted by Crippen LogP contribution is -1.96. The molecule has 60 valence electrons. The van der Waals surface area contributed by atoms with Crippen molar-refractivity contribution in [2.75, 3.05) is 0 Å². The van der Waals surface area contributed by atoms with Gasteiger partial charge in [-0.25, -0.2) is 0 Å². The molecule has 0 aliphatic rings. The Balaban J connectivity index is 4.46. The Labute approximate surface area is 68.1 Å². The Morgan fingerprint density at radius 3 is 2.55 bits per heavy atom. The SMILES string of the molecule is C=CC=C(C=CC)C(=O)CC. The molecule has 0 amide bonds. The Morgan fingerprint density at radius 2 is 2.18 bits per heavy atom. The van der Waals surface area contributed by atoms with Crippen molar-refractivity contribution in [3.63, 3.8) is 0 Å². The van der Waals surface area contributed by atoms with Gasteiger partial charge >= 0.3 is 0 Å². The molecule has 1 nitrogen and oxygen atoms in total. The molecule has 0 radical (unpaired) electrons. The molecule has 0 heterocycles. The van der Waals surface area contributed by atoms with E-state index < -0.39 is 0 Å². The first kappa shape index (κ1) is 9.89. The summed E-state index contributed by atoms with van der Waals surface area (Å²) >= 11 is 0. The van der Waals surface area contributed by atoms with Crippen LogP contribution in [-0.2, 0) is 4.79 Å². The Kier molecular flexibility index (Phi) is 5.09. The zero-order chi connectivity index (χ0) is 8.69. The van der Waals surface area contributed by atoms with E-state index in [4.69, 9.17) is 0 Å². The van der Waals surface area contributed by atoms with Crippen LogP contribution < -0.4 is 0 Å². The molecule has 0 N–H and O–H groups in total. The van der Waals surface area contributed by atoms with Gasteiger partial charge in [-0.05, 0) is 6.92 Å². The normalized spacial score (nSPS) is 12.0. The van der Waals surface area contributed by atoms with Crippen LogP contribution in [0.25, 0.3) is 0 Å². The number of carbonyl (C=O) groups excluding carboxylic acids is 1. The van der Waals surface area contributed by atoms with Gasteiger partial charge in [0.1, 0.15) is 0 Å². The van der Waals surface area contributed by atoms with Crippen molar-refractivity contribution in [3.05, 3.63) is 36.5 Å². The first-order valence-corrected chi connectivity index (χ1v) is 3.74. The maximum Gasteiger partial charge on any atom is 0.162 e. The van der Waals surface area contributed by atoms with Crippen molar-refractivity contribution in [1.82, 2.24) is 0 Å². The van der Waals surface area contributed by atoms with Gasteiger partial charge in [-0.2, -0.15) is 0 Å². The highest BCUT2D eigenvalue weighted by atomic mass is 16.1. The Hall–Kier alpha value is -1.11. The minimum Gasteiger partial charge on any atom is -0.294 e. The minimum absolute atomic E-state index is 0.156. The molecule has 0 fully saturated rings. The highest BCUT2D eigenvalue weighted by molar-refractivity contribution is 5.97. The monoisotopic (exact) mass is 150 g/mol. The summed E-state index contributed by atoms with van der Waals surface area (Å²) in [6.45, 7) is 7.28. The molecular weight excluding hydrogens is 136 g/mol. The van der Waals surface area contributed by atoms with Crippen LogP contribution in [0.1, 0.15) is 20.3 Å². The number of ketones is 1. The molecule has 0 bridgehead atoms. The zero-order valence-electron chi connectivity index (χ0n) is 7.13. The molecule has 0 spiro atoms. The lowest BCUT2D eigenvalue weighted by Gasteiger charge is -1.94. The second kappa shape index (κ2) is 5.66. The van der Waals surface area contributed by atoms with E-state index >= 15 is 0 Å². The summed E-state index contributed by atoms with van der Waals surface area (Å²) in [6.07, 6.45) is 7.55. The fourth-order valence-electron chi connectivity index (χ4n) is 0.752. The van der Waals surface area contributed by atoms with Crippen LogP contribution >= 0.6 is 0 Å². The van der Waals surface area contributed by atoms with Gasteiger partial charge in [0.25, 0.3) is 0 Å². The molecule has 0 aliphatic carbocycles. The smallest absolute Gasteiger partial charge is 0.162 e. The van der Waals surface area contributed by atoms with Gasteiger partial charge in [-0.1, -0.05) is 37.8 Å². The highest BCUT2D eigenvalue weighted by Gasteiger charge is 2.00. The lowest BCUT2D eigenvalue weighted by atomic mass is 10.1. The molecule has 0 aromatic carbocycles. The molecular formula is C10H14O. The Morgan fingerprint density at radius 1 is 1.55 bits per heavy atom. The molecule has 0 atom stereocenters. The fraction of sp³-hybridized carbons (Fsp3) is 0.300. The number of hydrogen-bond acceptors (Lipinski definition) is 1. The van der Waals surface area contributed by atoms with Crippen molar-refractivity contribution >= 4 is 5.78 Å². The summed E-state index contributed by atoms with van der Waals surface area (Å²) in [4.78, 5) is 11.1. The van der Waals surface area contributed by atoms with Crippen LogP contribution in [0.2, 0.25) is 0 Å². The van der Waals surface area contributed by atoms with Gasteiger partial charge in [0, 0.05) is 12.0 Å². The van der Waals surface area contributed by atoms with Crippen LogP contribution in [-0.4, -0.2) is 5.78 Å². The van der Waals surface area contributed by atoms with Gasteiger partial charge in [-0.3, -0.25) is 4.79 Å². The van der Waals surface area contributed by atoms with Gasteiger partial charge in [0.2, 0.25) is 0 Å². The first-order chi connectivity index (χ1) is 5.26. The van der Waals surface area contributed by atoms with Crippen molar-refractivity contribution in [1.29, 1.82) is 0 Å². The van der Waals surface area contributed by atoms with E-state index in [0.717, 1.165) is 5.57 Å². The maximum atomic E-state index is 11.1. The third-order valence-electron chi connectivity index (χ3n) is 1.29. The number of hydrogen-bond donors (Lipinski definition) is 0. The standard InChI is InChI=1S/C10H14O/c1-4-7-9(8-5-2)10(11)6-3/h4-5,7-8H,1,6H2,2-3H3. The van der Waals surface area contributed by atoms with Crippen LogP contribution in [0.4, 0.5) is 0 Å². The third kappa shape index (κ3) is 3.56. The van der Waals surface area contributed by atoms with E-state index in [2.05, 4.69) is 6.58 Å². The van der Waals surface area contributed by atoms with Gasteiger partial charge in [0.15, 0.2) is 5.78 Å². The predicted octanol–water partition coefficient (Wildman–Crippen LogP) is 2.65. The number of carbonyl (C=O) groups is 1. The summed E-state index contributed by atoms with van der Waals surface area (Å²) in [6, 6.07) is 0. The molecule has 0 unspecified atom stereocenters. The average molecular weight is 150 g/mol. The number of Topliss-reactive ketones (excluding diaryl/α,β-unsaturated/α-hetero) is 1. The second-order valence-corrected chi connectivity index (χ2v) is 2.13. The van der Waals surface area contributed by atoms with Crippen molar-refractivity contribution in [2.24, 2.45) is 0 Å². The van der Waals surface area contributed by atoms with Crippen LogP contribution in [0.5, 0.6) is 0 Å². The van der Waals surface area contributed by atoms with Crippen LogP contribution in [0.3, 0.4) is 0 Å². The Bertz CT molecular complexity index is 197.